The lowest BCUT2D eigenvalue weighted by Gasteiger charge is -2.23. The molecule has 0 atom stereocenters. The molecule has 2 rings (SSSR count). The summed E-state index contributed by atoms with van der Waals surface area (Å²) in [5.41, 5.74) is 1.25. The molecule has 1 aromatic rings. The van der Waals surface area contributed by atoms with Gasteiger partial charge in [0.05, 0.1) is 14.2 Å². The van der Waals surface area contributed by atoms with Crippen LogP contribution in [0, 0.1) is 5.41 Å². The van der Waals surface area contributed by atoms with Gasteiger partial charge in [-0.05, 0) is 38.1 Å². The molecule has 1 saturated carbocycles. The molecule has 0 spiro atoms. The monoisotopic (exact) mass is 265 g/mol. The highest BCUT2D eigenvalue weighted by Gasteiger charge is 2.42. The normalized spacial score (nSPS) is 16.5. The maximum absolute atomic E-state index is 9.38. The average molecular weight is 265 g/mol. The molecule has 106 valence electrons. The number of ether oxygens (including phenoxy) is 2. The van der Waals surface area contributed by atoms with Crippen LogP contribution in [0.5, 0.6) is 11.5 Å². The fourth-order valence-electron chi connectivity index (χ4n) is 2.47. The van der Waals surface area contributed by atoms with Crippen molar-refractivity contribution in [3.63, 3.8) is 0 Å². The Hall–Kier alpha value is -1.26. The van der Waals surface area contributed by atoms with Crippen LogP contribution < -0.4 is 9.47 Å². The lowest BCUT2D eigenvalue weighted by Crippen LogP contribution is -2.28. The molecule has 4 nitrogen and oxygen atoms in total. The largest absolute Gasteiger partial charge is 0.497 e. The summed E-state index contributed by atoms with van der Waals surface area (Å²) in [6.45, 7) is 2.00. The molecular weight excluding hydrogens is 242 g/mol. The second-order valence-electron chi connectivity index (χ2n) is 5.51. The molecule has 0 unspecified atom stereocenters. The van der Waals surface area contributed by atoms with E-state index in [0.717, 1.165) is 43.0 Å². The van der Waals surface area contributed by atoms with Crippen LogP contribution in [0.15, 0.2) is 18.2 Å². The highest BCUT2D eigenvalue weighted by molar-refractivity contribution is 5.40. The maximum Gasteiger partial charge on any atom is 0.123 e. The van der Waals surface area contributed by atoms with Crippen molar-refractivity contribution in [2.24, 2.45) is 5.41 Å². The lowest BCUT2D eigenvalue weighted by atomic mass is 10.1. The zero-order valence-electron chi connectivity index (χ0n) is 12.0. The molecule has 1 fully saturated rings. The Balaban J connectivity index is 2.04. The van der Waals surface area contributed by atoms with Gasteiger partial charge in [-0.2, -0.15) is 0 Å². The highest BCUT2D eigenvalue weighted by atomic mass is 16.5. The first kappa shape index (κ1) is 14.2. The number of aliphatic hydroxyl groups excluding tert-OH is 1. The van der Waals surface area contributed by atoms with Gasteiger partial charge in [0.25, 0.3) is 0 Å². The Kier molecular flexibility index (Phi) is 4.32. The lowest BCUT2D eigenvalue weighted by molar-refractivity contribution is 0.160. The van der Waals surface area contributed by atoms with Crippen LogP contribution in [-0.4, -0.2) is 44.4 Å². The van der Waals surface area contributed by atoms with E-state index in [1.54, 1.807) is 14.2 Å². The van der Waals surface area contributed by atoms with Crippen molar-refractivity contribution in [3.05, 3.63) is 23.8 Å². The number of nitrogens with zero attached hydrogens (tertiary/aromatic N) is 1. The zero-order chi connectivity index (χ0) is 13.9. The summed E-state index contributed by atoms with van der Waals surface area (Å²) in [4.78, 5) is 2.24. The van der Waals surface area contributed by atoms with Crippen LogP contribution in [0.25, 0.3) is 0 Å². The first-order valence-electron chi connectivity index (χ1n) is 6.63. The van der Waals surface area contributed by atoms with Crippen molar-refractivity contribution in [2.75, 3.05) is 34.4 Å². The number of hydrogen-bond donors (Lipinski definition) is 1. The van der Waals surface area contributed by atoms with E-state index in [9.17, 15) is 5.11 Å². The highest BCUT2D eigenvalue weighted by Crippen LogP contribution is 2.45. The topological polar surface area (TPSA) is 41.9 Å². The summed E-state index contributed by atoms with van der Waals surface area (Å²) in [5, 5.41) is 9.38. The van der Waals surface area contributed by atoms with Gasteiger partial charge in [0, 0.05) is 30.7 Å². The summed E-state index contributed by atoms with van der Waals surface area (Å²) >= 11 is 0. The van der Waals surface area contributed by atoms with Gasteiger partial charge in [-0.1, -0.05) is 0 Å². The first-order chi connectivity index (χ1) is 9.12. The van der Waals surface area contributed by atoms with Crippen molar-refractivity contribution >= 4 is 0 Å². The van der Waals surface area contributed by atoms with Crippen LogP contribution >= 0.6 is 0 Å². The van der Waals surface area contributed by atoms with E-state index in [1.807, 2.05) is 18.2 Å². The second-order valence-corrected chi connectivity index (χ2v) is 5.51. The van der Waals surface area contributed by atoms with Crippen LogP contribution in [0.2, 0.25) is 0 Å². The van der Waals surface area contributed by atoms with Gasteiger partial charge in [-0.25, -0.2) is 0 Å². The van der Waals surface area contributed by atoms with Gasteiger partial charge in [0.2, 0.25) is 0 Å². The molecule has 0 aliphatic heterocycles. The van der Waals surface area contributed by atoms with Crippen molar-refractivity contribution in [1.82, 2.24) is 4.90 Å². The molecule has 1 N–H and O–H groups in total. The minimum atomic E-state index is 0.140. The number of hydrogen-bond acceptors (Lipinski definition) is 4. The maximum atomic E-state index is 9.38. The van der Waals surface area contributed by atoms with E-state index in [1.165, 1.54) is 0 Å². The predicted octanol–water partition coefficient (Wildman–Crippen LogP) is 1.91. The minimum absolute atomic E-state index is 0.140. The quantitative estimate of drug-likeness (QED) is 0.817. The van der Waals surface area contributed by atoms with Crippen molar-refractivity contribution in [3.8, 4) is 11.5 Å². The standard InChI is InChI=1S/C15H23NO3/c1-16(10-15(11-17)6-7-15)9-12-8-13(18-2)4-5-14(12)19-3/h4-5,8,17H,6-7,9-11H2,1-3H3. The van der Waals surface area contributed by atoms with Crippen molar-refractivity contribution < 1.29 is 14.6 Å². The number of rotatable bonds is 7. The van der Waals surface area contributed by atoms with Gasteiger partial charge in [-0.15, -0.1) is 0 Å². The zero-order valence-corrected chi connectivity index (χ0v) is 12.0. The average Bonchev–Trinajstić information content (AvgIpc) is 3.18. The van der Waals surface area contributed by atoms with E-state index in [-0.39, 0.29) is 12.0 Å². The summed E-state index contributed by atoms with van der Waals surface area (Å²) in [6.07, 6.45) is 2.26. The van der Waals surface area contributed by atoms with E-state index < -0.39 is 0 Å². The third-order valence-corrected chi connectivity index (χ3v) is 3.83. The summed E-state index contributed by atoms with van der Waals surface area (Å²) in [7, 11) is 5.43. The Bertz CT molecular complexity index is 429. The Morgan fingerprint density at radius 3 is 2.53 bits per heavy atom. The predicted molar refractivity (Wildman–Crippen MR) is 74.6 cm³/mol. The van der Waals surface area contributed by atoms with Gasteiger partial charge in [0.15, 0.2) is 0 Å². The minimum Gasteiger partial charge on any atom is -0.497 e. The fraction of sp³-hybridized carbons (Fsp3) is 0.600. The van der Waals surface area contributed by atoms with Crippen molar-refractivity contribution in [2.45, 2.75) is 19.4 Å². The molecule has 4 heteroatoms. The second kappa shape index (κ2) is 5.80. The summed E-state index contributed by atoms with van der Waals surface area (Å²) in [5.74, 6) is 1.72. The van der Waals surface area contributed by atoms with E-state index in [2.05, 4.69) is 11.9 Å². The molecule has 1 aliphatic carbocycles. The molecule has 0 heterocycles. The SMILES string of the molecule is COc1ccc(OC)c(CN(C)CC2(CO)CC2)c1. The molecule has 1 aliphatic rings. The molecule has 0 aromatic heterocycles. The molecular formula is C15H23NO3. The van der Waals surface area contributed by atoms with Gasteiger partial charge < -0.3 is 19.5 Å². The number of aliphatic hydroxyl groups is 1. The van der Waals surface area contributed by atoms with Crippen LogP contribution in [0.1, 0.15) is 18.4 Å². The van der Waals surface area contributed by atoms with Crippen molar-refractivity contribution in [1.29, 1.82) is 0 Å². The third kappa shape index (κ3) is 3.39. The molecule has 19 heavy (non-hydrogen) atoms. The van der Waals surface area contributed by atoms with Crippen LogP contribution in [-0.2, 0) is 6.54 Å². The summed E-state index contributed by atoms with van der Waals surface area (Å²) in [6, 6.07) is 5.84. The van der Waals surface area contributed by atoms with E-state index in [0.29, 0.717) is 0 Å². The number of methoxy groups -OCH3 is 2. The molecule has 0 saturated heterocycles. The van der Waals surface area contributed by atoms with Crippen LogP contribution in [0.3, 0.4) is 0 Å². The molecule has 0 bridgehead atoms. The van der Waals surface area contributed by atoms with Crippen LogP contribution in [0.4, 0.5) is 0 Å². The Morgan fingerprint density at radius 2 is 2.00 bits per heavy atom. The molecule has 1 aromatic carbocycles. The van der Waals surface area contributed by atoms with Gasteiger partial charge in [-0.3, -0.25) is 0 Å². The molecule has 0 amide bonds. The first-order valence-corrected chi connectivity index (χ1v) is 6.63. The van der Waals surface area contributed by atoms with Gasteiger partial charge in [0.1, 0.15) is 11.5 Å². The molecule has 0 radical (unpaired) electrons. The van der Waals surface area contributed by atoms with E-state index in [4.69, 9.17) is 9.47 Å². The van der Waals surface area contributed by atoms with E-state index >= 15 is 0 Å². The third-order valence-electron chi connectivity index (χ3n) is 3.83. The Morgan fingerprint density at radius 1 is 1.26 bits per heavy atom. The smallest absolute Gasteiger partial charge is 0.123 e. The Labute approximate surface area is 114 Å². The summed E-state index contributed by atoms with van der Waals surface area (Å²) < 4.78 is 10.6. The van der Waals surface area contributed by atoms with Gasteiger partial charge >= 0.3 is 0 Å². The fourth-order valence-corrected chi connectivity index (χ4v) is 2.47. The number of benzene rings is 1.